The highest BCUT2D eigenvalue weighted by molar-refractivity contribution is 6.01. The minimum atomic E-state index is -4.45. The van der Waals surface area contributed by atoms with Gasteiger partial charge in [-0.3, -0.25) is 9.59 Å². The van der Waals surface area contributed by atoms with E-state index in [1.165, 1.54) is 0 Å². The minimum absolute atomic E-state index is 0. The van der Waals surface area contributed by atoms with Gasteiger partial charge in [-0.05, 0) is 32.1 Å². The summed E-state index contributed by atoms with van der Waals surface area (Å²) in [5.74, 6) is -2.09. The van der Waals surface area contributed by atoms with E-state index in [2.05, 4.69) is 5.32 Å². The average molecular weight is 356 g/mol. The van der Waals surface area contributed by atoms with Gasteiger partial charge in [0.1, 0.15) is 12.0 Å². The van der Waals surface area contributed by atoms with Crippen LogP contribution in [0.3, 0.4) is 0 Å². The number of nitrogens with one attached hydrogen (secondary N) is 2. The summed E-state index contributed by atoms with van der Waals surface area (Å²) in [4.78, 5) is 26.1. The van der Waals surface area contributed by atoms with Gasteiger partial charge in [-0.2, -0.15) is 13.2 Å². The summed E-state index contributed by atoms with van der Waals surface area (Å²) >= 11 is 0. The van der Waals surface area contributed by atoms with E-state index in [0.29, 0.717) is 19.1 Å². The van der Waals surface area contributed by atoms with Gasteiger partial charge in [-0.25, -0.2) is 0 Å². The molecule has 0 radical (unpaired) electrons. The summed E-state index contributed by atoms with van der Waals surface area (Å²) in [6, 6.07) is -1.17. The standard InChI is InChI=1S/C14H20F3N3O2.ClH/c15-14(16,17)11-4-3-10(12(21)19-11)13(22)20-6-5-8-1-2-9(7-20)18-8;/h8-11,18H,1-7H2,(H,19,21);1H. The van der Waals surface area contributed by atoms with Crippen LogP contribution in [0.1, 0.15) is 32.1 Å². The number of carbonyl (C=O) groups is 2. The molecule has 9 heteroatoms. The fourth-order valence-corrected chi connectivity index (χ4v) is 3.65. The van der Waals surface area contributed by atoms with Crippen LogP contribution in [0.25, 0.3) is 0 Å². The number of hydrogen-bond donors (Lipinski definition) is 2. The molecule has 0 aliphatic carbocycles. The van der Waals surface area contributed by atoms with E-state index in [4.69, 9.17) is 0 Å². The monoisotopic (exact) mass is 355 g/mol. The van der Waals surface area contributed by atoms with Gasteiger partial charge < -0.3 is 15.5 Å². The van der Waals surface area contributed by atoms with E-state index < -0.39 is 24.0 Å². The first-order chi connectivity index (χ1) is 10.3. The summed E-state index contributed by atoms with van der Waals surface area (Å²) in [7, 11) is 0. The van der Waals surface area contributed by atoms with Crippen molar-refractivity contribution in [3.63, 3.8) is 0 Å². The van der Waals surface area contributed by atoms with Crippen LogP contribution in [-0.2, 0) is 9.59 Å². The number of fused-ring (bicyclic) bond motifs is 2. The quantitative estimate of drug-likeness (QED) is 0.695. The van der Waals surface area contributed by atoms with Crippen molar-refractivity contribution in [3.05, 3.63) is 0 Å². The van der Waals surface area contributed by atoms with E-state index in [1.54, 1.807) is 4.90 Å². The third kappa shape index (κ3) is 3.91. The molecule has 3 aliphatic rings. The van der Waals surface area contributed by atoms with Crippen molar-refractivity contribution in [2.45, 2.75) is 56.4 Å². The Bertz CT molecular complexity index is 475. The zero-order valence-electron chi connectivity index (χ0n) is 12.6. The fourth-order valence-electron chi connectivity index (χ4n) is 3.65. The highest BCUT2D eigenvalue weighted by atomic mass is 35.5. The van der Waals surface area contributed by atoms with Gasteiger partial charge in [-0.15, -0.1) is 12.4 Å². The van der Waals surface area contributed by atoms with E-state index in [0.717, 1.165) is 19.3 Å². The molecule has 3 rings (SSSR count). The number of alkyl halides is 3. The first kappa shape index (κ1) is 18.3. The van der Waals surface area contributed by atoms with E-state index in [-0.39, 0.29) is 37.2 Å². The second-order valence-electron chi connectivity index (χ2n) is 6.44. The first-order valence-corrected chi connectivity index (χ1v) is 7.76. The Hall–Kier alpha value is -1.02. The van der Waals surface area contributed by atoms with Gasteiger partial charge in [0, 0.05) is 25.2 Å². The van der Waals surface area contributed by atoms with E-state index in [1.807, 2.05) is 5.32 Å². The van der Waals surface area contributed by atoms with Crippen molar-refractivity contribution >= 4 is 24.2 Å². The molecule has 0 aromatic rings. The molecule has 0 aromatic carbocycles. The van der Waals surface area contributed by atoms with Gasteiger partial charge in [0.15, 0.2) is 0 Å². The second-order valence-corrected chi connectivity index (χ2v) is 6.44. The Kier molecular flexibility index (Phi) is 5.45. The van der Waals surface area contributed by atoms with Crippen LogP contribution in [0.15, 0.2) is 0 Å². The van der Waals surface area contributed by atoms with Crippen molar-refractivity contribution in [1.29, 1.82) is 0 Å². The highest BCUT2D eigenvalue weighted by Crippen LogP contribution is 2.30. The van der Waals surface area contributed by atoms with Crippen molar-refractivity contribution < 1.29 is 22.8 Å². The van der Waals surface area contributed by atoms with Crippen molar-refractivity contribution in [2.75, 3.05) is 13.1 Å². The zero-order chi connectivity index (χ0) is 15.9. The summed E-state index contributed by atoms with van der Waals surface area (Å²) in [6.07, 6.45) is -1.78. The number of nitrogens with zero attached hydrogens (tertiary/aromatic N) is 1. The number of rotatable bonds is 1. The van der Waals surface area contributed by atoms with Gasteiger partial charge in [0.25, 0.3) is 0 Å². The molecule has 4 unspecified atom stereocenters. The number of likely N-dealkylation sites (tertiary alicyclic amines) is 1. The predicted molar refractivity (Wildman–Crippen MR) is 79.1 cm³/mol. The molecule has 3 fully saturated rings. The Balaban J connectivity index is 0.00000192. The van der Waals surface area contributed by atoms with Crippen LogP contribution in [0.5, 0.6) is 0 Å². The Labute approximate surface area is 138 Å². The van der Waals surface area contributed by atoms with Crippen LogP contribution in [0.4, 0.5) is 13.2 Å². The smallest absolute Gasteiger partial charge is 0.344 e. The van der Waals surface area contributed by atoms with Crippen LogP contribution in [0, 0.1) is 5.92 Å². The summed E-state index contributed by atoms with van der Waals surface area (Å²) < 4.78 is 37.9. The second kappa shape index (κ2) is 6.84. The summed E-state index contributed by atoms with van der Waals surface area (Å²) in [6.45, 7) is 1.11. The molecule has 2 amide bonds. The van der Waals surface area contributed by atoms with Crippen molar-refractivity contribution in [1.82, 2.24) is 15.5 Å². The maximum absolute atomic E-state index is 12.6. The first-order valence-electron chi connectivity index (χ1n) is 7.76. The molecule has 0 saturated carbocycles. The molecule has 3 heterocycles. The molecule has 2 bridgehead atoms. The molecule has 4 atom stereocenters. The molecule has 23 heavy (non-hydrogen) atoms. The molecular weight excluding hydrogens is 335 g/mol. The number of hydrogen-bond acceptors (Lipinski definition) is 3. The highest BCUT2D eigenvalue weighted by Gasteiger charge is 2.47. The van der Waals surface area contributed by atoms with Gasteiger partial charge in [0.2, 0.25) is 11.8 Å². The molecule has 3 aliphatic heterocycles. The van der Waals surface area contributed by atoms with E-state index >= 15 is 0 Å². The lowest BCUT2D eigenvalue weighted by molar-refractivity contribution is -0.172. The largest absolute Gasteiger partial charge is 0.408 e. The lowest BCUT2D eigenvalue weighted by Gasteiger charge is -2.33. The van der Waals surface area contributed by atoms with Crippen LogP contribution in [0.2, 0.25) is 0 Å². The maximum Gasteiger partial charge on any atom is 0.408 e. The third-order valence-corrected chi connectivity index (χ3v) is 4.91. The number of piperidine rings is 1. The maximum atomic E-state index is 12.6. The predicted octanol–water partition coefficient (Wildman–Crippen LogP) is 1.22. The van der Waals surface area contributed by atoms with Gasteiger partial charge >= 0.3 is 6.18 Å². The number of amides is 2. The number of halogens is 4. The molecule has 2 N–H and O–H groups in total. The lowest BCUT2D eigenvalue weighted by atomic mass is 9.92. The fraction of sp³-hybridized carbons (Fsp3) is 0.857. The number of carbonyl (C=O) groups excluding carboxylic acids is 2. The van der Waals surface area contributed by atoms with Crippen molar-refractivity contribution in [2.24, 2.45) is 5.92 Å². The average Bonchev–Trinajstić information content (AvgIpc) is 2.76. The molecule has 0 spiro atoms. The third-order valence-electron chi connectivity index (χ3n) is 4.91. The molecule has 3 saturated heterocycles. The lowest BCUT2D eigenvalue weighted by Crippen LogP contribution is -2.55. The van der Waals surface area contributed by atoms with Crippen LogP contribution < -0.4 is 10.6 Å². The van der Waals surface area contributed by atoms with Crippen molar-refractivity contribution in [3.8, 4) is 0 Å². The van der Waals surface area contributed by atoms with Gasteiger partial charge in [0.05, 0.1) is 0 Å². The topological polar surface area (TPSA) is 61.4 Å². The SMILES string of the molecule is Cl.O=C1NC(C(F)(F)F)CCC1C(=O)N1CCC2CCC(C1)N2. The summed E-state index contributed by atoms with van der Waals surface area (Å²) in [5.41, 5.74) is 0. The molecule has 5 nitrogen and oxygen atoms in total. The molecular formula is C14H21ClF3N3O2. The van der Waals surface area contributed by atoms with Gasteiger partial charge in [-0.1, -0.05) is 0 Å². The zero-order valence-corrected chi connectivity index (χ0v) is 13.4. The van der Waals surface area contributed by atoms with Crippen LogP contribution >= 0.6 is 12.4 Å². The molecule has 0 aromatic heterocycles. The summed E-state index contributed by atoms with van der Waals surface area (Å²) in [5, 5.41) is 5.38. The minimum Gasteiger partial charge on any atom is -0.344 e. The van der Waals surface area contributed by atoms with Crippen LogP contribution in [-0.4, -0.2) is 54.1 Å². The van der Waals surface area contributed by atoms with E-state index in [9.17, 15) is 22.8 Å². The Morgan fingerprint density at radius 1 is 1.09 bits per heavy atom. The molecule has 132 valence electrons. The Morgan fingerprint density at radius 2 is 1.78 bits per heavy atom. The Morgan fingerprint density at radius 3 is 2.43 bits per heavy atom. The normalized spacial score (nSPS) is 34.4.